The SMILES string of the molecule is C#CCC(C)NC(=O)C1CC1(C)C. The Morgan fingerprint density at radius 3 is 2.69 bits per heavy atom. The van der Waals surface area contributed by atoms with Crippen LogP contribution in [-0.4, -0.2) is 11.9 Å². The first-order valence-electron chi connectivity index (χ1n) is 4.71. The number of terminal acetylenes is 1. The Morgan fingerprint density at radius 2 is 2.31 bits per heavy atom. The highest BCUT2D eigenvalue weighted by Crippen LogP contribution is 2.51. The third-order valence-electron chi connectivity index (χ3n) is 2.64. The van der Waals surface area contributed by atoms with Crippen molar-refractivity contribution < 1.29 is 4.79 Å². The van der Waals surface area contributed by atoms with Gasteiger partial charge in [-0.3, -0.25) is 4.79 Å². The molecule has 0 aromatic carbocycles. The van der Waals surface area contributed by atoms with E-state index in [4.69, 9.17) is 6.42 Å². The van der Waals surface area contributed by atoms with Crippen LogP contribution in [0.4, 0.5) is 0 Å². The molecule has 0 bridgehead atoms. The molecule has 0 heterocycles. The zero-order valence-electron chi connectivity index (χ0n) is 8.55. The van der Waals surface area contributed by atoms with Gasteiger partial charge in [0.05, 0.1) is 0 Å². The van der Waals surface area contributed by atoms with Crippen LogP contribution in [0.3, 0.4) is 0 Å². The third-order valence-corrected chi connectivity index (χ3v) is 2.64. The maximum atomic E-state index is 11.5. The quantitative estimate of drug-likeness (QED) is 0.654. The second-order valence-corrected chi connectivity index (χ2v) is 4.56. The summed E-state index contributed by atoms with van der Waals surface area (Å²) in [7, 11) is 0. The first kappa shape index (κ1) is 10.1. The van der Waals surface area contributed by atoms with Gasteiger partial charge >= 0.3 is 0 Å². The Balaban J connectivity index is 2.32. The lowest BCUT2D eigenvalue weighted by Gasteiger charge is -2.11. The van der Waals surface area contributed by atoms with Crippen LogP contribution < -0.4 is 5.32 Å². The van der Waals surface area contributed by atoms with Gasteiger partial charge < -0.3 is 5.32 Å². The maximum Gasteiger partial charge on any atom is 0.223 e. The van der Waals surface area contributed by atoms with Crippen LogP contribution in [0.1, 0.15) is 33.6 Å². The van der Waals surface area contributed by atoms with Crippen LogP contribution in [0, 0.1) is 23.7 Å². The normalized spacial score (nSPS) is 25.8. The first-order valence-corrected chi connectivity index (χ1v) is 4.71. The molecule has 0 saturated heterocycles. The molecule has 0 radical (unpaired) electrons. The average Bonchev–Trinajstić information content (AvgIpc) is 2.60. The highest BCUT2D eigenvalue weighted by Gasteiger charge is 2.50. The smallest absolute Gasteiger partial charge is 0.223 e. The fourth-order valence-electron chi connectivity index (χ4n) is 1.49. The largest absolute Gasteiger partial charge is 0.352 e. The maximum absolute atomic E-state index is 11.5. The van der Waals surface area contributed by atoms with E-state index in [9.17, 15) is 4.79 Å². The van der Waals surface area contributed by atoms with Crippen LogP contribution in [0.15, 0.2) is 0 Å². The minimum absolute atomic E-state index is 0.105. The molecule has 1 N–H and O–H groups in total. The Morgan fingerprint density at radius 1 is 1.77 bits per heavy atom. The highest BCUT2D eigenvalue weighted by molar-refractivity contribution is 5.82. The van der Waals surface area contributed by atoms with Crippen LogP contribution in [0.5, 0.6) is 0 Å². The number of hydrogen-bond acceptors (Lipinski definition) is 1. The van der Waals surface area contributed by atoms with E-state index < -0.39 is 0 Å². The predicted molar refractivity (Wildman–Crippen MR) is 52.9 cm³/mol. The molecular formula is C11H17NO. The molecule has 0 aromatic heterocycles. The van der Waals surface area contributed by atoms with Gasteiger partial charge in [0, 0.05) is 18.4 Å². The standard InChI is InChI=1S/C11H17NO/c1-5-6-8(2)12-10(13)9-7-11(9,3)4/h1,8-9H,6-7H2,2-4H3,(H,12,13). The van der Waals surface area contributed by atoms with Crippen molar-refractivity contribution in [1.82, 2.24) is 5.32 Å². The summed E-state index contributed by atoms with van der Waals surface area (Å²) in [5, 5.41) is 2.92. The van der Waals surface area contributed by atoms with Gasteiger partial charge in [-0.15, -0.1) is 12.3 Å². The van der Waals surface area contributed by atoms with Crippen LogP contribution in [-0.2, 0) is 4.79 Å². The van der Waals surface area contributed by atoms with E-state index in [-0.39, 0.29) is 23.3 Å². The summed E-state index contributed by atoms with van der Waals surface area (Å²) < 4.78 is 0. The minimum atomic E-state index is 0.105. The summed E-state index contributed by atoms with van der Waals surface area (Å²) >= 11 is 0. The molecule has 1 amide bonds. The highest BCUT2D eigenvalue weighted by atomic mass is 16.2. The monoisotopic (exact) mass is 179 g/mol. The summed E-state index contributed by atoms with van der Waals surface area (Å²) in [5.74, 6) is 2.90. The molecule has 2 nitrogen and oxygen atoms in total. The van der Waals surface area contributed by atoms with Crippen LogP contribution in [0.25, 0.3) is 0 Å². The summed E-state index contributed by atoms with van der Waals surface area (Å²) in [6.45, 7) is 6.17. The zero-order chi connectivity index (χ0) is 10.1. The summed E-state index contributed by atoms with van der Waals surface area (Å²) in [6.07, 6.45) is 6.76. The molecule has 0 aliphatic heterocycles. The Labute approximate surface area is 80.1 Å². The fourth-order valence-corrected chi connectivity index (χ4v) is 1.49. The van der Waals surface area contributed by atoms with Gasteiger partial charge in [0.15, 0.2) is 0 Å². The molecule has 72 valence electrons. The van der Waals surface area contributed by atoms with Crippen LogP contribution >= 0.6 is 0 Å². The Hall–Kier alpha value is -0.970. The number of hydrogen-bond donors (Lipinski definition) is 1. The number of amides is 1. The second kappa shape index (κ2) is 3.41. The van der Waals surface area contributed by atoms with Gasteiger partial charge in [-0.25, -0.2) is 0 Å². The number of carbonyl (C=O) groups is 1. The fraction of sp³-hybridized carbons (Fsp3) is 0.727. The van der Waals surface area contributed by atoms with E-state index in [1.165, 1.54) is 0 Å². The third kappa shape index (κ3) is 2.48. The average molecular weight is 179 g/mol. The molecule has 2 atom stereocenters. The van der Waals surface area contributed by atoms with Gasteiger partial charge in [-0.1, -0.05) is 13.8 Å². The Kier molecular flexibility index (Phi) is 2.66. The van der Waals surface area contributed by atoms with Gasteiger partial charge in [-0.2, -0.15) is 0 Å². The van der Waals surface area contributed by atoms with E-state index in [1.807, 2.05) is 6.92 Å². The molecule has 0 aromatic rings. The number of nitrogens with one attached hydrogen (secondary N) is 1. The van der Waals surface area contributed by atoms with Gasteiger partial charge in [0.1, 0.15) is 0 Å². The first-order chi connectivity index (χ1) is 5.97. The molecule has 2 unspecified atom stereocenters. The van der Waals surface area contributed by atoms with Crippen molar-refractivity contribution in [2.45, 2.75) is 39.7 Å². The Bertz CT molecular complexity index is 249. The predicted octanol–water partition coefficient (Wildman–Crippen LogP) is 1.56. The summed E-state index contributed by atoms with van der Waals surface area (Å²) in [5.41, 5.74) is 0.208. The van der Waals surface area contributed by atoms with Crippen molar-refractivity contribution >= 4 is 5.91 Å². The number of rotatable bonds is 3. The van der Waals surface area contributed by atoms with Crippen molar-refractivity contribution in [2.75, 3.05) is 0 Å². The van der Waals surface area contributed by atoms with Crippen molar-refractivity contribution in [2.24, 2.45) is 11.3 Å². The van der Waals surface area contributed by atoms with E-state index in [0.29, 0.717) is 6.42 Å². The van der Waals surface area contributed by atoms with E-state index in [1.54, 1.807) is 0 Å². The second-order valence-electron chi connectivity index (χ2n) is 4.56. The minimum Gasteiger partial charge on any atom is -0.352 e. The molecular weight excluding hydrogens is 162 g/mol. The van der Waals surface area contributed by atoms with Crippen molar-refractivity contribution in [1.29, 1.82) is 0 Å². The van der Waals surface area contributed by atoms with Crippen molar-refractivity contribution in [3.05, 3.63) is 0 Å². The van der Waals surface area contributed by atoms with E-state index in [0.717, 1.165) is 6.42 Å². The molecule has 2 heteroatoms. The van der Waals surface area contributed by atoms with Gasteiger partial charge in [-0.05, 0) is 18.8 Å². The van der Waals surface area contributed by atoms with Gasteiger partial charge in [0.2, 0.25) is 5.91 Å². The molecule has 1 aliphatic carbocycles. The molecule has 1 rings (SSSR count). The van der Waals surface area contributed by atoms with Gasteiger partial charge in [0.25, 0.3) is 0 Å². The lowest BCUT2D eigenvalue weighted by Crippen LogP contribution is -2.34. The lowest BCUT2D eigenvalue weighted by atomic mass is 10.1. The molecule has 13 heavy (non-hydrogen) atoms. The van der Waals surface area contributed by atoms with Crippen molar-refractivity contribution in [3.8, 4) is 12.3 Å². The summed E-state index contributed by atoms with van der Waals surface area (Å²) in [4.78, 5) is 11.5. The van der Waals surface area contributed by atoms with Crippen molar-refractivity contribution in [3.63, 3.8) is 0 Å². The lowest BCUT2D eigenvalue weighted by molar-refractivity contribution is -0.123. The molecule has 1 saturated carbocycles. The number of carbonyl (C=O) groups excluding carboxylic acids is 1. The molecule has 1 fully saturated rings. The van der Waals surface area contributed by atoms with E-state index >= 15 is 0 Å². The zero-order valence-corrected chi connectivity index (χ0v) is 8.55. The topological polar surface area (TPSA) is 29.1 Å². The molecule has 1 aliphatic rings. The summed E-state index contributed by atoms with van der Waals surface area (Å²) in [6, 6.07) is 0.105. The van der Waals surface area contributed by atoms with Crippen LogP contribution in [0.2, 0.25) is 0 Å². The molecule has 0 spiro atoms. The van der Waals surface area contributed by atoms with E-state index in [2.05, 4.69) is 25.1 Å².